The van der Waals surface area contributed by atoms with Gasteiger partial charge in [-0.25, -0.2) is 4.98 Å². The zero-order chi connectivity index (χ0) is 17.6. The van der Waals surface area contributed by atoms with Gasteiger partial charge in [0.05, 0.1) is 7.11 Å². The molecular formula is C20H25N3O2. The summed E-state index contributed by atoms with van der Waals surface area (Å²) < 4.78 is 7.18. The van der Waals surface area contributed by atoms with Gasteiger partial charge in [0.25, 0.3) is 0 Å². The van der Waals surface area contributed by atoms with E-state index in [4.69, 9.17) is 4.74 Å². The molecule has 0 radical (unpaired) electrons. The van der Waals surface area contributed by atoms with Gasteiger partial charge in [-0.2, -0.15) is 0 Å². The number of hydrogen-bond acceptors (Lipinski definition) is 4. The number of para-hydroxylation sites is 1. The number of imidazole rings is 1. The Hall–Kier alpha value is -2.40. The smallest absolute Gasteiger partial charge is 0.202 e. The molecule has 2 aromatic rings. The molecule has 1 fully saturated rings. The van der Waals surface area contributed by atoms with Crippen LogP contribution in [0.15, 0.2) is 42.7 Å². The number of methoxy groups -OCH3 is 1. The molecule has 5 nitrogen and oxygen atoms in total. The van der Waals surface area contributed by atoms with E-state index in [9.17, 15) is 4.79 Å². The van der Waals surface area contributed by atoms with Crippen LogP contribution >= 0.6 is 0 Å². The maximum atomic E-state index is 12.7. The van der Waals surface area contributed by atoms with Crippen molar-refractivity contribution >= 4 is 11.9 Å². The highest BCUT2D eigenvalue weighted by atomic mass is 16.5. The van der Waals surface area contributed by atoms with Gasteiger partial charge >= 0.3 is 0 Å². The third-order valence-electron chi connectivity index (χ3n) is 4.72. The lowest BCUT2D eigenvalue weighted by molar-refractivity contribution is 0.0817. The number of ether oxygens (including phenoxy) is 1. The summed E-state index contributed by atoms with van der Waals surface area (Å²) >= 11 is 0. The van der Waals surface area contributed by atoms with Gasteiger partial charge in [-0.05, 0) is 25.5 Å². The lowest BCUT2D eigenvalue weighted by atomic mass is 9.93. The Morgan fingerprint density at radius 3 is 3.00 bits per heavy atom. The molecule has 25 heavy (non-hydrogen) atoms. The van der Waals surface area contributed by atoms with Crippen LogP contribution < -0.4 is 4.74 Å². The Kier molecular flexibility index (Phi) is 5.66. The monoisotopic (exact) mass is 339 g/mol. The average Bonchev–Trinajstić information content (AvgIpc) is 3.07. The molecule has 0 amide bonds. The molecule has 1 saturated heterocycles. The fourth-order valence-electron chi connectivity index (χ4n) is 3.35. The highest BCUT2D eigenvalue weighted by Gasteiger charge is 2.28. The standard InChI is InChI=1S/C20H25N3O2/c1-22-14-11-21-20(22)19(24)17-9-6-13-23(15-17)12-5-8-16-7-3-4-10-18(16)25-2/h3-5,7-8,10-11,14,17H,6,9,12-13,15H2,1-2H3/b8-5+/t17-/m0/s1. The number of likely N-dealkylation sites (tertiary alicyclic amines) is 1. The van der Waals surface area contributed by atoms with E-state index < -0.39 is 0 Å². The molecule has 1 aliphatic rings. The molecule has 0 aliphatic carbocycles. The Balaban J connectivity index is 1.59. The molecule has 0 spiro atoms. The number of rotatable bonds is 6. The molecule has 2 heterocycles. The summed E-state index contributed by atoms with van der Waals surface area (Å²) in [5.41, 5.74) is 1.07. The Morgan fingerprint density at radius 2 is 2.24 bits per heavy atom. The molecular weight excluding hydrogens is 314 g/mol. The number of piperidine rings is 1. The van der Waals surface area contributed by atoms with Gasteiger partial charge in [-0.3, -0.25) is 9.69 Å². The number of hydrogen-bond donors (Lipinski definition) is 0. The maximum absolute atomic E-state index is 12.7. The summed E-state index contributed by atoms with van der Waals surface area (Å²) in [6.07, 6.45) is 9.73. The zero-order valence-corrected chi connectivity index (χ0v) is 14.9. The fourth-order valence-corrected chi connectivity index (χ4v) is 3.35. The molecule has 3 rings (SSSR count). The van der Waals surface area contributed by atoms with Gasteiger partial charge in [-0.1, -0.05) is 30.4 Å². The molecule has 0 unspecified atom stereocenters. The van der Waals surface area contributed by atoms with Crippen LogP contribution in [-0.4, -0.2) is 47.0 Å². The van der Waals surface area contributed by atoms with Crippen molar-refractivity contribution < 1.29 is 9.53 Å². The maximum Gasteiger partial charge on any atom is 0.202 e. The molecule has 1 aromatic carbocycles. The highest BCUT2D eigenvalue weighted by Crippen LogP contribution is 2.21. The SMILES string of the molecule is COc1ccccc1/C=C/CN1CCC[C@H](C(=O)c2nccn2C)C1. The van der Waals surface area contributed by atoms with Crippen LogP contribution in [-0.2, 0) is 7.05 Å². The number of carbonyl (C=O) groups excluding carboxylic acids is 1. The number of nitrogens with zero attached hydrogens (tertiary/aromatic N) is 3. The summed E-state index contributed by atoms with van der Waals surface area (Å²) in [5, 5.41) is 0. The molecule has 0 bridgehead atoms. The van der Waals surface area contributed by atoms with E-state index in [2.05, 4.69) is 22.0 Å². The molecule has 5 heteroatoms. The Bertz CT molecular complexity index is 751. The van der Waals surface area contributed by atoms with Crippen molar-refractivity contribution in [1.82, 2.24) is 14.5 Å². The van der Waals surface area contributed by atoms with Gasteiger partial charge in [0.15, 0.2) is 5.82 Å². The van der Waals surface area contributed by atoms with Crippen molar-refractivity contribution in [3.8, 4) is 5.75 Å². The zero-order valence-electron chi connectivity index (χ0n) is 14.9. The summed E-state index contributed by atoms with van der Waals surface area (Å²) in [7, 11) is 3.56. The van der Waals surface area contributed by atoms with Gasteiger partial charge in [0.1, 0.15) is 5.75 Å². The summed E-state index contributed by atoms with van der Waals surface area (Å²) in [6.45, 7) is 2.66. The quantitative estimate of drug-likeness (QED) is 0.759. The van der Waals surface area contributed by atoms with E-state index in [1.165, 1.54) is 0 Å². The second-order valence-electron chi connectivity index (χ2n) is 6.47. The fraction of sp³-hybridized carbons (Fsp3) is 0.400. The van der Waals surface area contributed by atoms with Crippen molar-refractivity contribution in [1.29, 1.82) is 0 Å². The highest BCUT2D eigenvalue weighted by molar-refractivity contribution is 5.94. The van der Waals surface area contributed by atoms with Crippen molar-refractivity contribution in [3.05, 3.63) is 54.1 Å². The number of Topliss-reactive ketones (excluding diaryl/α,β-unsaturated/α-hetero) is 1. The average molecular weight is 339 g/mol. The summed E-state index contributed by atoms with van der Waals surface area (Å²) in [4.78, 5) is 19.2. The number of aromatic nitrogens is 2. The van der Waals surface area contributed by atoms with Crippen LogP contribution in [0.1, 0.15) is 29.0 Å². The number of ketones is 1. The van der Waals surface area contributed by atoms with Crippen LogP contribution in [0.5, 0.6) is 5.75 Å². The summed E-state index contributed by atoms with van der Waals surface area (Å²) in [6, 6.07) is 7.97. The first-order valence-corrected chi connectivity index (χ1v) is 8.72. The molecule has 1 aromatic heterocycles. The second kappa shape index (κ2) is 8.12. The molecule has 0 saturated carbocycles. The van der Waals surface area contributed by atoms with E-state index in [0.29, 0.717) is 5.82 Å². The minimum atomic E-state index is 0.0366. The van der Waals surface area contributed by atoms with Gasteiger partial charge in [-0.15, -0.1) is 0 Å². The third kappa shape index (κ3) is 4.17. The predicted octanol–water partition coefficient (Wildman–Crippen LogP) is 3.04. The normalized spacial score (nSPS) is 18.6. The van der Waals surface area contributed by atoms with E-state index >= 15 is 0 Å². The minimum absolute atomic E-state index is 0.0366. The molecule has 132 valence electrons. The van der Waals surface area contributed by atoms with Crippen molar-refractivity contribution in [2.24, 2.45) is 13.0 Å². The van der Waals surface area contributed by atoms with Crippen LogP contribution in [0.4, 0.5) is 0 Å². The van der Waals surface area contributed by atoms with Crippen LogP contribution in [0.3, 0.4) is 0 Å². The van der Waals surface area contributed by atoms with Gasteiger partial charge in [0, 0.05) is 44.0 Å². The first-order valence-electron chi connectivity index (χ1n) is 8.72. The van der Waals surface area contributed by atoms with Crippen molar-refractivity contribution in [3.63, 3.8) is 0 Å². The summed E-state index contributed by atoms with van der Waals surface area (Å²) in [5.74, 6) is 1.64. The molecule has 0 N–H and O–H groups in total. The van der Waals surface area contributed by atoms with Crippen LogP contribution in [0.2, 0.25) is 0 Å². The largest absolute Gasteiger partial charge is 0.496 e. The second-order valence-corrected chi connectivity index (χ2v) is 6.47. The molecule has 1 aliphatic heterocycles. The number of benzene rings is 1. The van der Waals surface area contributed by atoms with E-state index in [1.807, 2.05) is 42.1 Å². The van der Waals surface area contributed by atoms with E-state index in [1.54, 1.807) is 13.3 Å². The Labute approximate surface area is 148 Å². The number of carbonyl (C=O) groups is 1. The van der Waals surface area contributed by atoms with E-state index in [-0.39, 0.29) is 11.7 Å². The van der Waals surface area contributed by atoms with E-state index in [0.717, 1.165) is 43.8 Å². The Morgan fingerprint density at radius 1 is 1.40 bits per heavy atom. The molecule has 1 atom stereocenters. The van der Waals surface area contributed by atoms with Gasteiger partial charge < -0.3 is 9.30 Å². The lowest BCUT2D eigenvalue weighted by Gasteiger charge is -2.30. The third-order valence-corrected chi connectivity index (χ3v) is 4.72. The van der Waals surface area contributed by atoms with Crippen LogP contribution in [0, 0.1) is 5.92 Å². The van der Waals surface area contributed by atoms with Crippen molar-refractivity contribution in [2.75, 3.05) is 26.7 Å². The topological polar surface area (TPSA) is 47.4 Å². The predicted molar refractivity (Wildman–Crippen MR) is 98.7 cm³/mol. The van der Waals surface area contributed by atoms with Crippen molar-refractivity contribution in [2.45, 2.75) is 12.8 Å². The minimum Gasteiger partial charge on any atom is -0.496 e. The van der Waals surface area contributed by atoms with Gasteiger partial charge in [0.2, 0.25) is 5.78 Å². The first kappa shape index (κ1) is 17.4. The first-order chi connectivity index (χ1) is 12.2. The number of aryl methyl sites for hydroxylation is 1. The van der Waals surface area contributed by atoms with Crippen LogP contribution in [0.25, 0.3) is 6.08 Å². The lowest BCUT2D eigenvalue weighted by Crippen LogP contribution is -2.39.